The van der Waals surface area contributed by atoms with Gasteiger partial charge in [0.25, 0.3) is 0 Å². The number of likely N-dealkylation sites (tertiary alicyclic amines) is 1. The van der Waals surface area contributed by atoms with Gasteiger partial charge < -0.3 is 10.1 Å². The number of nitrogens with one attached hydrogen (secondary N) is 1. The Morgan fingerprint density at radius 3 is 3.00 bits per heavy atom. The maximum absolute atomic E-state index is 11.6. The van der Waals surface area contributed by atoms with Gasteiger partial charge in [-0.2, -0.15) is 0 Å². The van der Waals surface area contributed by atoms with Crippen molar-refractivity contribution >= 4 is 18.4 Å². The van der Waals surface area contributed by atoms with Crippen molar-refractivity contribution in [2.75, 3.05) is 33.3 Å². The second-order valence-corrected chi connectivity index (χ2v) is 6.08. The molecule has 0 bridgehead atoms. The lowest BCUT2D eigenvalue weighted by atomic mass is 9.86. The van der Waals surface area contributed by atoms with Gasteiger partial charge in [0.1, 0.15) is 0 Å². The first-order chi connectivity index (χ1) is 9.71. The molecule has 3 rings (SSSR count). The molecule has 116 valence electrons. The van der Waals surface area contributed by atoms with Gasteiger partial charge in [0.15, 0.2) is 0 Å². The Morgan fingerprint density at radius 2 is 2.29 bits per heavy atom. The number of halogens is 1. The summed E-state index contributed by atoms with van der Waals surface area (Å²) in [5.41, 5.74) is 2.33. The Balaban J connectivity index is 0.00000161. The third-order valence-corrected chi connectivity index (χ3v) is 4.60. The van der Waals surface area contributed by atoms with E-state index < -0.39 is 0 Å². The summed E-state index contributed by atoms with van der Waals surface area (Å²) in [7, 11) is 1.42. The molecule has 1 spiro atoms. The first-order valence-electron chi connectivity index (χ1n) is 7.31. The predicted octanol–water partition coefficient (Wildman–Crippen LogP) is 2.08. The summed E-state index contributed by atoms with van der Waals surface area (Å²) in [6.45, 7) is 5.57. The van der Waals surface area contributed by atoms with E-state index >= 15 is 0 Å². The minimum atomic E-state index is -0.260. The van der Waals surface area contributed by atoms with Crippen molar-refractivity contribution in [1.82, 2.24) is 10.2 Å². The molecule has 5 heteroatoms. The van der Waals surface area contributed by atoms with E-state index in [4.69, 9.17) is 4.74 Å². The molecular formula is C16H23ClN2O2. The number of hydrogen-bond donors (Lipinski definition) is 1. The van der Waals surface area contributed by atoms with Gasteiger partial charge in [0, 0.05) is 19.6 Å². The third-order valence-electron chi connectivity index (χ3n) is 4.60. The molecule has 1 N–H and O–H groups in total. The van der Waals surface area contributed by atoms with Gasteiger partial charge >= 0.3 is 5.97 Å². The van der Waals surface area contributed by atoms with Gasteiger partial charge in [-0.25, -0.2) is 4.79 Å². The van der Waals surface area contributed by atoms with E-state index in [0.717, 1.165) is 26.2 Å². The smallest absolute Gasteiger partial charge is 0.337 e. The monoisotopic (exact) mass is 310 g/mol. The lowest BCUT2D eigenvalue weighted by Gasteiger charge is -2.22. The highest BCUT2D eigenvalue weighted by Gasteiger charge is 2.39. The first-order valence-corrected chi connectivity index (χ1v) is 7.31. The van der Waals surface area contributed by atoms with E-state index in [-0.39, 0.29) is 18.4 Å². The molecule has 2 aliphatic rings. The fraction of sp³-hybridized carbons (Fsp3) is 0.562. The van der Waals surface area contributed by atoms with Gasteiger partial charge in [-0.3, -0.25) is 4.90 Å². The highest BCUT2D eigenvalue weighted by molar-refractivity contribution is 5.89. The van der Waals surface area contributed by atoms with Gasteiger partial charge in [-0.05, 0) is 49.0 Å². The van der Waals surface area contributed by atoms with Crippen LogP contribution in [0.5, 0.6) is 0 Å². The Hall–Kier alpha value is -1.10. The summed E-state index contributed by atoms with van der Waals surface area (Å²) < 4.78 is 4.78. The van der Waals surface area contributed by atoms with Gasteiger partial charge in [-0.1, -0.05) is 12.1 Å². The number of rotatable bonds is 3. The maximum atomic E-state index is 11.6. The highest BCUT2D eigenvalue weighted by Crippen LogP contribution is 2.36. The van der Waals surface area contributed by atoms with Crippen LogP contribution in [-0.2, 0) is 11.3 Å². The van der Waals surface area contributed by atoms with Crippen molar-refractivity contribution in [3.8, 4) is 0 Å². The molecular weight excluding hydrogens is 288 g/mol. The standard InChI is InChI=1S/C16H22N2O2.ClH/c1-20-15(19)14-4-2-3-13(9-14)10-18-8-6-16(12-18)5-7-17-11-16;/h2-4,9,17H,5-8,10-12H2,1H3;1H. The summed E-state index contributed by atoms with van der Waals surface area (Å²) >= 11 is 0. The summed E-state index contributed by atoms with van der Waals surface area (Å²) in [6.07, 6.45) is 2.59. The zero-order valence-corrected chi connectivity index (χ0v) is 13.2. The molecule has 0 saturated carbocycles. The molecule has 0 aromatic heterocycles. The van der Waals surface area contributed by atoms with E-state index in [2.05, 4.69) is 16.3 Å². The summed E-state index contributed by atoms with van der Waals surface area (Å²) in [5, 5.41) is 3.48. The van der Waals surface area contributed by atoms with Crippen LogP contribution >= 0.6 is 12.4 Å². The van der Waals surface area contributed by atoms with E-state index in [9.17, 15) is 4.79 Å². The summed E-state index contributed by atoms with van der Waals surface area (Å²) in [5.74, 6) is -0.260. The van der Waals surface area contributed by atoms with Crippen molar-refractivity contribution in [2.24, 2.45) is 5.41 Å². The highest BCUT2D eigenvalue weighted by atomic mass is 35.5. The molecule has 4 nitrogen and oxygen atoms in total. The minimum absolute atomic E-state index is 0. The van der Waals surface area contributed by atoms with Crippen LogP contribution in [-0.4, -0.2) is 44.2 Å². The van der Waals surface area contributed by atoms with Crippen LogP contribution in [0.2, 0.25) is 0 Å². The van der Waals surface area contributed by atoms with E-state index in [1.807, 2.05) is 18.2 Å². The van der Waals surface area contributed by atoms with Crippen LogP contribution in [0.15, 0.2) is 24.3 Å². The van der Waals surface area contributed by atoms with E-state index in [0.29, 0.717) is 11.0 Å². The number of ether oxygens (including phenoxy) is 1. The minimum Gasteiger partial charge on any atom is -0.465 e. The number of benzene rings is 1. The fourth-order valence-corrected chi connectivity index (χ4v) is 3.48. The number of carbonyl (C=O) groups excluding carboxylic acids is 1. The molecule has 21 heavy (non-hydrogen) atoms. The normalized spacial score (nSPS) is 25.0. The lowest BCUT2D eigenvalue weighted by molar-refractivity contribution is 0.0600. The number of methoxy groups -OCH3 is 1. The molecule has 2 saturated heterocycles. The van der Waals surface area contributed by atoms with Crippen LogP contribution in [0, 0.1) is 5.41 Å². The number of esters is 1. The average Bonchev–Trinajstić information content (AvgIpc) is 3.09. The second kappa shape index (κ2) is 6.77. The Labute approximate surface area is 132 Å². The van der Waals surface area contributed by atoms with Gasteiger partial charge in [-0.15, -0.1) is 12.4 Å². The molecule has 2 heterocycles. The molecule has 1 atom stereocenters. The van der Waals surface area contributed by atoms with Crippen molar-refractivity contribution in [3.05, 3.63) is 35.4 Å². The topological polar surface area (TPSA) is 41.6 Å². The molecule has 0 aliphatic carbocycles. The van der Waals surface area contributed by atoms with E-state index in [1.165, 1.54) is 32.1 Å². The van der Waals surface area contributed by atoms with Crippen molar-refractivity contribution in [2.45, 2.75) is 19.4 Å². The van der Waals surface area contributed by atoms with Gasteiger partial charge in [0.2, 0.25) is 0 Å². The summed E-state index contributed by atoms with van der Waals surface area (Å²) in [6, 6.07) is 7.78. The lowest BCUT2D eigenvalue weighted by Crippen LogP contribution is -2.29. The zero-order valence-electron chi connectivity index (χ0n) is 12.4. The Morgan fingerprint density at radius 1 is 1.43 bits per heavy atom. The van der Waals surface area contributed by atoms with Crippen molar-refractivity contribution in [1.29, 1.82) is 0 Å². The summed E-state index contributed by atoms with van der Waals surface area (Å²) in [4.78, 5) is 14.1. The third kappa shape index (κ3) is 3.57. The van der Waals surface area contributed by atoms with Crippen LogP contribution in [0.4, 0.5) is 0 Å². The molecule has 0 radical (unpaired) electrons. The van der Waals surface area contributed by atoms with Crippen molar-refractivity contribution in [3.63, 3.8) is 0 Å². The second-order valence-electron chi connectivity index (χ2n) is 6.08. The SMILES string of the molecule is COC(=O)c1cccc(CN2CCC3(CCNC3)C2)c1.Cl. The molecule has 2 aliphatic heterocycles. The van der Waals surface area contributed by atoms with Crippen molar-refractivity contribution < 1.29 is 9.53 Å². The average molecular weight is 311 g/mol. The zero-order chi connectivity index (χ0) is 14.0. The van der Waals surface area contributed by atoms with Crippen LogP contribution in [0.25, 0.3) is 0 Å². The molecule has 1 aromatic rings. The van der Waals surface area contributed by atoms with Crippen LogP contribution < -0.4 is 5.32 Å². The first kappa shape index (κ1) is 16.3. The number of carbonyl (C=O) groups is 1. The Kier molecular flexibility index (Phi) is 5.25. The maximum Gasteiger partial charge on any atom is 0.337 e. The molecule has 0 amide bonds. The quantitative estimate of drug-likeness (QED) is 0.868. The molecule has 1 unspecified atom stereocenters. The van der Waals surface area contributed by atoms with Crippen LogP contribution in [0.3, 0.4) is 0 Å². The largest absolute Gasteiger partial charge is 0.465 e. The number of nitrogens with zero attached hydrogens (tertiary/aromatic N) is 1. The van der Waals surface area contributed by atoms with Crippen LogP contribution in [0.1, 0.15) is 28.8 Å². The van der Waals surface area contributed by atoms with E-state index in [1.54, 1.807) is 0 Å². The number of hydrogen-bond acceptors (Lipinski definition) is 4. The van der Waals surface area contributed by atoms with Gasteiger partial charge in [0.05, 0.1) is 12.7 Å². The fourth-order valence-electron chi connectivity index (χ4n) is 3.48. The molecule has 2 fully saturated rings. The molecule has 1 aromatic carbocycles. The Bertz CT molecular complexity index is 501. The predicted molar refractivity (Wildman–Crippen MR) is 84.8 cm³/mol.